The standard InChI is InChI=1S/C13H18N6OS/c1-9-3-5-10(6-4-9)15-7-11-17-18-13(19(11)2)21-8-12(20)16-14/h3-6,15H,7-8,14H2,1-2H3,(H,16,20). The average Bonchev–Trinajstić information content (AvgIpc) is 2.85. The van der Waals surface area contributed by atoms with Gasteiger partial charge in [-0.2, -0.15) is 0 Å². The van der Waals surface area contributed by atoms with Crippen LogP contribution in [-0.2, 0) is 18.4 Å². The molecule has 0 aliphatic rings. The Bertz CT molecular complexity index is 610. The highest BCUT2D eigenvalue weighted by Crippen LogP contribution is 2.16. The second-order valence-corrected chi connectivity index (χ2v) is 5.48. The zero-order valence-electron chi connectivity index (χ0n) is 12.0. The van der Waals surface area contributed by atoms with Gasteiger partial charge in [-0.1, -0.05) is 29.5 Å². The third kappa shape index (κ3) is 4.20. The molecule has 2 aromatic rings. The Morgan fingerprint density at radius 1 is 1.33 bits per heavy atom. The van der Waals surface area contributed by atoms with Crippen molar-refractivity contribution in [2.24, 2.45) is 12.9 Å². The summed E-state index contributed by atoms with van der Waals surface area (Å²) in [5.74, 6) is 5.80. The number of benzene rings is 1. The van der Waals surface area contributed by atoms with E-state index in [-0.39, 0.29) is 11.7 Å². The maximum Gasteiger partial charge on any atom is 0.244 e. The van der Waals surface area contributed by atoms with E-state index in [2.05, 4.69) is 20.9 Å². The second-order valence-electron chi connectivity index (χ2n) is 4.53. The van der Waals surface area contributed by atoms with Crippen LogP contribution in [0, 0.1) is 6.92 Å². The molecule has 1 aromatic carbocycles. The van der Waals surface area contributed by atoms with Crippen molar-refractivity contribution in [2.75, 3.05) is 11.1 Å². The molecule has 0 radical (unpaired) electrons. The molecule has 0 aliphatic heterocycles. The minimum absolute atomic E-state index is 0.216. The van der Waals surface area contributed by atoms with Crippen LogP contribution in [-0.4, -0.2) is 26.4 Å². The molecule has 0 atom stereocenters. The lowest BCUT2D eigenvalue weighted by Crippen LogP contribution is -2.31. The van der Waals surface area contributed by atoms with E-state index in [1.807, 2.05) is 42.8 Å². The molecule has 7 nitrogen and oxygen atoms in total. The van der Waals surface area contributed by atoms with Crippen LogP contribution in [0.1, 0.15) is 11.4 Å². The molecule has 0 saturated heterocycles. The van der Waals surface area contributed by atoms with Gasteiger partial charge in [0.1, 0.15) is 0 Å². The number of rotatable bonds is 6. The van der Waals surface area contributed by atoms with Crippen molar-refractivity contribution in [2.45, 2.75) is 18.6 Å². The fourth-order valence-corrected chi connectivity index (χ4v) is 2.39. The first-order chi connectivity index (χ1) is 10.1. The summed E-state index contributed by atoms with van der Waals surface area (Å²) in [6.07, 6.45) is 0. The SMILES string of the molecule is Cc1ccc(NCc2nnc(SCC(=O)NN)n2C)cc1. The molecule has 2 rings (SSSR count). The van der Waals surface area contributed by atoms with Gasteiger partial charge in [-0.25, -0.2) is 5.84 Å². The van der Waals surface area contributed by atoms with E-state index in [9.17, 15) is 4.79 Å². The lowest BCUT2D eigenvalue weighted by molar-refractivity contribution is -0.118. The van der Waals surface area contributed by atoms with E-state index >= 15 is 0 Å². The lowest BCUT2D eigenvalue weighted by Gasteiger charge is -2.07. The predicted molar refractivity (Wildman–Crippen MR) is 82.6 cm³/mol. The molecule has 1 heterocycles. The van der Waals surface area contributed by atoms with Crippen LogP contribution in [0.2, 0.25) is 0 Å². The van der Waals surface area contributed by atoms with E-state index in [4.69, 9.17) is 5.84 Å². The first-order valence-electron chi connectivity index (χ1n) is 6.41. The van der Waals surface area contributed by atoms with Gasteiger partial charge in [0.2, 0.25) is 5.91 Å². The number of amides is 1. The topological polar surface area (TPSA) is 97.9 Å². The number of carbonyl (C=O) groups excluding carboxylic acids is 1. The van der Waals surface area contributed by atoms with Crippen LogP contribution in [0.15, 0.2) is 29.4 Å². The van der Waals surface area contributed by atoms with Crippen molar-refractivity contribution in [3.05, 3.63) is 35.7 Å². The summed E-state index contributed by atoms with van der Waals surface area (Å²) in [5.41, 5.74) is 4.33. The number of aryl methyl sites for hydroxylation is 1. The number of nitrogens with zero attached hydrogens (tertiary/aromatic N) is 3. The fraction of sp³-hybridized carbons (Fsp3) is 0.308. The van der Waals surface area contributed by atoms with Gasteiger partial charge < -0.3 is 9.88 Å². The van der Waals surface area contributed by atoms with E-state index < -0.39 is 0 Å². The van der Waals surface area contributed by atoms with Gasteiger partial charge >= 0.3 is 0 Å². The molecule has 0 aliphatic carbocycles. The summed E-state index contributed by atoms with van der Waals surface area (Å²) in [7, 11) is 1.87. The molecule has 0 spiro atoms. The Morgan fingerprint density at radius 3 is 2.71 bits per heavy atom. The number of hydrogen-bond donors (Lipinski definition) is 3. The molecule has 8 heteroatoms. The molecule has 0 bridgehead atoms. The third-order valence-corrected chi connectivity index (χ3v) is 3.94. The summed E-state index contributed by atoms with van der Waals surface area (Å²) in [5, 5.41) is 12.1. The Hall–Kier alpha value is -2.06. The molecule has 21 heavy (non-hydrogen) atoms. The van der Waals surface area contributed by atoms with Crippen LogP contribution < -0.4 is 16.6 Å². The second kappa shape index (κ2) is 7.09. The Balaban J connectivity index is 1.93. The minimum atomic E-state index is -0.248. The van der Waals surface area contributed by atoms with Crippen molar-refractivity contribution in [1.82, 2.24) is 20.2 Å². The normalized spacial score (nSPS) is 10.4. The molecule has 4 N–H and O–H groups in total. The summed E-state index contributed by atoms with van der Waals surface area (Å²) >= 11 is 1.29. The van der Waals surface area contributed by atoms with Crippen molar-refractivity contribution in [3.63, 3.8) is 0 Å². The zero-order valence-corrected chi connectivity index (χ0v) is 12.8. The summed E-state index contributed by atoms with van der Waals surface area (Å²) in [6, 6.07) is 8.14. The van der Waals surface area contributed by atoms with Crippen LogP contribution in [0.5, 0.6) is 0 Å². The maximum atomic E-state index is 11.1. The molecule has 1 aromatic heterocycles. The van der Waals surface area contributed by atoms with Gasteiger partial charge in [0.25, 0.3) is 0 Å². The van der Waals surface area contributed by atoms with Gasteiger partial charge in [-0.05, 0) is 19.1 Å². The molecular weight excluding hydrogens is 288 g/mol. The molecule has 1 amide bonds. The van der Waals surface area contributed by atoms with Gasteiger partial charge in [0.05, 0.1) is 12.3 Å². The quantitative estimate of drug-likeness (QED) is 0.316. The van der Waals surface area contributed by atoms with Gasteiger partial charge in [0, 0.05) is 12.7 Å². The predicted octanol–water partition coefficient (Wildman–Crippen LogP) is 0.818. The number of aromatic nitrogens is 3. The van der Waals surface area contributed by atoms with Crippen molar-refractivity contribution >= 4 is 23.4 Å². The number of nitrogens with one attached hydrogen (secondary N) is 2. The number of hydrogen-bond acceptors (Lipinski definition) is 6. The molecular formula is C13H18N6OS. The van der Waals surface area contributed by atoms with Gasteiger partial charge in [-0.15, -0.1) is 10.2 Å². The van der Waals surface area contributed by atoms with Crippen molar-refractivity contribution in [3.8, 4) is 0 Å². The summed E-state index contributed by atoms with van der Waals surface area (Å²) in [6.45, 7) is 2.61. The molecule has 0 unspecified atom stereocenters. The largest absolute Gasteiger partial charge is 0.378 e. The number of anilines is 1. The number of carbonyl (C=O) groups is 1. The Kier molecular flexibility index (Phi) is 5.18. The monoisotopic (exact) mass is 306 g/mol. The van der Waals surface area contributed by atoms with E-state index in [1.54, 1.807) is 0 Å². The van der Waals surface area contributed by atoms with Crippen LogP contribution >= 0.6 is 11.8 Å². The van der Waals surface area contributed by atoms with E-state index in [1.165, 1.54) is 17.3 Å². The molecule has 0 saturated carbocycles. The minimum Gasteiger partial charge on any atom is -0.378 e. The summed E-state index contributed by atoms with van der Waals surface area (Å²) < 4.78 is 1.86. The Labute approximate surface area is 127 Å². The average molecular weight is 306 g/mol. The Morgan fingerprint density at radius 2 is 2.05 bits per heavy atom. The van der Waals surface area contributed by atoms with Gasteiger partial charge in [0.15, 0.2) is 11.0 Å². The molecule has 112 valence electrons. The van der Waals surface area contributed by atoms with E-state index in [0.717, 1.165) is 11.5 Å². The van der Waals surface area contributed by atoms with Crippen LogP contribution in [0.4, 0.5) is 5.69 Å². The summed E-state index contributed by atoms with van der Waals surface area (Å²) in [4.78, 5) is 11.1. The van der Waals surface area contributed by atoms with Crippen molar-refractivity contribution < 1.29 is 4.79 Å². The fourth-order valence-electron chi connectivity index (χ4n) is 1.65. The molecule has 0 fully saturated rings. The third-order valence-electron chi connectivity index (χ3n) is 2.92. The smallest absolute Gasteiger partial charge is 0.244 e. The number of thioether (sulfide) groups is 1. The lowest BCUT2D eigenvalue weighted by atomic mass is 10.2. The highest BCUT2D eigenvalue weighted by Gasteiger charge is 2.10. The number of nitrogens with two attached hydrogens (primary N) is 1. The number of hydrazine groups is 1. The maximum absolute atomic E-state index is 11.1. The zero-order chi connectivity index (χ0) is 15.2. The van der Waals surface area contributed by atoms with Crippen molar-refractivity contribution in [1.29, 1.82) is 0 Å². The van der Waals surface area contributed by atoms with Gasteiger partial charge in [-0.3, -0.25) is 10.2 Å². The van der Waals surface area contributed by atoms with Crippen LogP contribution in [0.3, 0.4) is 0 Å². The highest BCUT2D eigenvalue weighted by molar-refractivity contribution is 7.99. The first kappa shape index (κ1) is 15.3. The highest BCUT2D eigenvalue weighted by atomic mass is 32.2. The van der Waals surface area contributed by atoms with E-state index in [0.29, 0.717) is 11.7 Å². The first-order valence-corrected chi connectivity index (χ1v) is 7.39. The van der Waals surface area contributed by atoms with Crippen LogP contribution in [0.25, 0.3) is 0 Å².